The summed E-state index contributed by atoms with van der Waals surface area (Å²) in [4.78, 5) is 14.7. The number of fused-ring (bicyclic) bond motifs is 1. The van der Waals surface area contributed by atoms with Crippen molar-refractivity contribution in [3.8, 4) is 5.75 Å². The van der Waals surface area contributed by atoms with Gasteiger partial charge in [0.2, 0.25) is 0 Å². The van der Waals surface area contributed by atoms with E-state index in [2.05, 4.69) is 10.2 Å². The molecule has 2 aliphatic heterocycles. The van der Waals surface area contributed by atoms with Gasteiger partial charge in [-0.15, -0.1) is 0 Å². The van der Waals surface area contributed by atoms with Crippen LogP contribution in [0.4, 0.5) is 5.69 Å². The number of benzene rings is 1. The molecule has 0 saturated carbocycles. The summed E-state index contributed by atoms with van der Waals surface area (Å²) in [7, 11) is 1.54. The van der Waals surface area contributed by atoms with E-state index in [1.807, 2.05) is 0 Å². The molecule has 0 bridgehead atoms. The molecular weight excluding hydrogens is 282 g/mol. The molecule has 0 aliphatic carbocycles. The molecule has 3 N–H and O–H groups in total. The Morgan fingerprint density at radius 2 is 2.41 bits per heavy atom. The van der Waals surface area contributed by atoms with Gasteiger partial charge in [-0.2, -0.15) is 0 Å². The van der Waals surface area contributed by atoms with Crippen LogP contribution in [0.15, 0.2) is 18.2 Å². The number of carbonyl (C=O) groups is 1. The van der Waals surface area contributed by atoms with E-state index in [0.29, 0.717) is 29.6 Å². The van der Waals surface area contributed by atoms with Gasteiger partial charge in [0, 0.05) is 24.7 Å². The average molecular weight is 305 g/mol. The van der Waals surface area contributed by atoms with E-state index < -0.39 is 0 Å². The summed E-state index contributed by atoms with van der Waals surface area (Å²) in [5, 5.41) is 2.93. The lowest BCUT2D eigenvalue weighted by molar-refractivity contribution is -0.0461. The molecule has 1 aromatic carbocycles. The number of methoxy groups -OCH3 is 1. The third kappa shape index (κ3) is 3.18. The SMILES string of the molecule is COc1cc(C(=O)NC[C@@H]2CN3CCCC3CO2)ccc1N. The van der Waals surface area contributed by atoms with Gasteiger partial charge in [-0.3, -0.25) is 9.69 Å². The Hall–Kier alpha value is -1.79. The number of hydrogen-bond donors (Lipinski definition) is 2. The van der Waals surface area contributed by atoms with Crippen molar-refractivity contribution in [2.45, 2.75) is 25.0 Å². The van der Waals surface area contributed by atoms with E-state index in [1.165, 1.54) is 20.0 Å². The molecule has 2 saturated heterocycles. The molecule has 6 heteroatoms. The minimum Gasteiger partial charge on any atom is -0.495 e. The Bertz CT molecular complexity index is 549. The topological polar surface area (TPSA) is 76.8 Å². The lowest BCUT2D eigenvalue weighted by Gasteiger charge is -2.35. The highest BCUT2D eigenvalue weighted by molar-refractivity contribution is 5.95. The molecule has 2 aliphatic rings. The van der Waals surface area contributed by atoms with E-state index in [1.54, 1.807) is 18.2 Å². The summed E-state index contributed by atoms with van der Waals surface area (Å²) in [6, 6.07) is 5.61. The third-order valence-electron chi connectivity index (χ3n) is 4.45. The number of morpholine rings is 1. The van der Waals surface area contributed by atoms with E-state index >= 15 is 0 Å². The first-order valence-corrected chi connectivity index (χ1v) is 7.74. The highest BCUT2D eigenvalue weighted by atomic mass is 16.5. The fraction of sp³-hybridized carbons (Fsp3) is 0.562. The lowest BCUT2D eigenvalue weighted by atomic mass is 10.1. The van der Waals surface area contributed by atoms with Crippen LogP contribution in [0.5, 0.6) is 5.75 Å². The fourth-order valence-corrected chi connectivity index (χ4v) is 3.17. The molecule has 2 heterocycles. The summed E-state index contributed by atoms with van der Waals surface area (Å²) in [5.41, 5.74) is 6.82. The van der Waals surface area contributed by atoms with Crippen LogP contribution in [0.25, 0.3) is 0 Å². The van der Waals surface area contributed by atoms with Crippen molar-refractivity contribution in [1.29, 1.82) is 0 Å². The van der Waals surface area contributed by atoms with E-state index in [0.717, 1.165) is 19.7 Å². The Labute approximate surface area is 130 Å². The van der Waals surface area contributed by atoms with Crippen LogP contribution in [0.1, 0.15) is 23.2 Å². The molecule has 120 valence electrons. The van der Waals surface area contributed by atoms with E-state index in [4.69, 9.17) is 15.2 Å². The monoisotopic (exact) mass is 305 g/mol. The van der Waals surface area contributed by atoms with Crippen LogP contribution < -0.4 is 15.8 Å². The Balaban J connectivity index is 1.54. The number of anilines is 1. The van der Waals surface area contributed by atoms with E-state index in [-0.39, 0.29) is 12.0 Å². The molecule has 0 radical (unpaired) electrons. The van der Waals surface area contributed by atoms with Crippen LogP contribution in [0.3, 0.4) is 0 Å². The third-order valence-corrected chi connectivity index (χ3v) is 4.45. The highest BCUT2D eigenvalue weighted by Crippen LogP contribution is 2.23. The number of nitrogens with two attached hydrogens (primary N) is 1. The quantitative estimate of drug-likeness (QED) is 0.807. The number of carbonyl (C=O) groups excluding carboxylic acids is 1. The molecule has 0 spiro atoms. The Morgan fingerprint density at radius 1 is 1.55 bits per heavy atom. The number of nitrogens with one attached hydrogen (secondary N) is 1. The van der Waals surface area contributed by atoms with Gasteiger partial charge in [0.25, 0.3) is 5.91 Å². The van der Waals surface area contributed by atoms with Crippen LogP contribution in [0.2, 0.25) is 0 Å². The highest BCUT2D eigenvalue weighted by Gasteiger charge is 2.32. The number of ether oxygens (including phenoxy) is 2. The molecule has 1 amide bonds. The van der Waals surface area contributed by atoms with Gasteiger partial charge in [0.15, 0.2) is 0 Å². The normalized spacial score (nSPS) is 24.8. The molecule has 1 aromatic rings. The van der Waals surface area contributed by atoms with Crippen molar-refractivity contribution < 1.29 is 14.3 Å². The summed E-state index contributed by atoms with van der Waals surface area (Å²) >= 11 is 0. The molecule has 6 nitrogen and oxygen atoms in total. The largest absolute Gasteiger partial charge is 0.495 e. The Kier molecular flexibility index (Phi) is 4.49. The smallest absolute Gasteiger partial charge is 0.251 e. The first-order chi connectivity index (χ1) is 10.7. The number of nitrogens with zero attached hydrogens (tertiary/aromatic N) is 1. The van der Waals surface area contributed by atoms with Crippen molar-refractivity contribution in [2.75, 3.05) is 39.1 Å². The molecule has 2 fully saturated rings. The Morgan fingerprint density at radius 3 is 3.23 bits per heavy atom. The second-order valence-electron chi connectivity index (χ2n) is 5.91. The zero-order chi connectivity index (χ0) is 15.5. The molecule has 2 atom stereocenters. The van der Waals surface area contributed by atoms with Crippen molar-refractivity contribution in [3.63, 3.8) is 0 Å². The molecular formula is C16H23N3O3. The molecule has 0 aromatic heterocycles. The maximum absolute atomic E-state index is 12.2. The van der Waals surface area contributed by atoms with Crippen molar-refractivity contribution in [3.05, 3.63) is 23.8 Å². The van der Waals surface area contributed by atoms with Gasteiger partial charge in [-0.25, -0.2) is 0 Å². The fourth-order valence-electron chi connectivity index (χ4n) is 3.17. The zero-order valence-corrected chi connectivity index (χ0v) is 12.9. The zero-order valence-electron chi connectivity index (χ0n) is 12.9. The molecule has 22 heavy (non-hydrogen) atoms. The maximum Gasteiger partial charge on any atom is 0.251 e. The van der Waals surface area contributed by atoms with Crippen LogP contribution in [0, 0.1) is 0 Å². The van der Waals surface area contributed by atoms with Gasteiger partial charge in [-0.1, -0.05) is 0 Å². The molecule has 3 rings (SSSR count). The second-order valence-corrected chi connectivity index (χ2v) is 5.91. The summed E-state index contributed by atoms with van der Waals surface area (Å²) in [6.07, 6.45) is 2.54. The predicted molar refractivity (Wildman–Crippen MR) is 84.1 cm³/mol. The van der Waals surface area contributed by atoms with Crippen LogP contribution in [-0.2, 0) is 4.74 Å². The minimum absolute atomic E-state index is 0.0639. The summed E-state index contributed by atoms with van der Waals surface area (Å²) in [6.45, 7) is 3.34. The number of hydrogen-bond acceptors (Lipinski definition) is 5. The van der Waals surface area contributed by atoms with Gasteiger partial charge >= 0.3 is 0 Å². The number of rotatable bonds is 4. The standard InChI is InChI=1S/C16H23N3O3/c1-21-15-7-11(4-5-14(15)17)16(20)18-8-13-9-19-6-2-3-12(19)10-22-13/h4-5,7,12-13H,2-3,6,8-10,17H2,1H3,(H,18,20)/t12?,13-/m1/s1. The first kappa shape index (κ1) is 15.1. The average Bonchev–Trinajstić information content (AvgIpc) is 3.00. The van der Waals surface area contributed by atoms with Crippen molar-refractivity contribution in [2.24, 2.45) is 0 Å². The van der Waals surface area contributed by atoms with Gasteiger partial charge < -0.3 is 20.5 Å². The van der Waals surface area contributed by atoms with Crippen molar-refractivity contribution >= 4 is 11.6 Å². The van der Waals surface area contributed by atoms with Gasteiger partial charge in [0.05, 0.1) is 25.5 Å². The summed E-state index contributed by atoms with van der Waals surface area (Å²) in [5.74, 6) is 0.381. The van der Waals surface area contributed by atoms with Gasteiger partial charge in [-0.05, 0) is 37.6 Å². The summed E-state index contributed by atoms with van der Waals surface area (Å²) < 4.78 is 11.0. The van der Waals surface area contributed by atoms with Crippen LogP contribution in [-0.4, -0.2) is 56.3 Å². The second kappa shape index (κ2) is 6.54. The lowest BCUT2D eigenvalue weighted by Crippen LogP contribution is -2.50. The number of nitrogen functional groups attached to an aromatic ring is 1. The van der Waals surface area contributed by atoms with Crippen molar-refractivity contribution in [1.82, 2.24) is 10.2 Å². The minimum atomic E-state index is -0.134. The first-order valence-electron chi connectivity index (χ1n) is 7.74. The number of amides is 1. The predicted octanol–water partition coefficient (Wildman–Crippen LogP) is 0.870. The van der Waals surface area contributed by atoms with Gasteiger partial charge in [0.1, 0.15) is 5.75 Å². The van der Waals surface area contributed by atoms with E-state index in [9.17, 15) is 4.79 Å². The van der Waals surface area contributed by atoms with Crippen LogP contribution >= 0.6 is 0 Å². The maximum atomic E-state index is 12.2. The molecule has 1 unspecified atom stereocenters.